The van der Waals surface area contributed by atoms with Gasteiger partial charge in [0.1, 0.15) is 5.01 Å². The van der Waals surface area contributed by atoms with Gasteiger partial charge in [0.2, 0.25) is 10.0 Å². The van der Waals surface area contributed by atoms with Crippen LogP contribution in [-0.4, -0.2) is 43.1 Å². The second kappa shape index (κ2) is 7.06. The maximum atomic E-state index is 13.4. The zero-order valence-corrected chi connectivity index (χ0v) is 18.5. The average Bonchev–Trinajstić information content (AvgIpc) is 3.40. The van der Waals surface area contributed by atoms with Gasteiger partial charge in [-0.3, -0.25) is 9.10 Å². The number of thiazole rings is 1. The average molecular weight is 442 g/mol. The van der Waals surface area contributed by atoms with E-state index in [0.29, 0.717) is 24.2 Å². The molecule has 6 nitrogen and oxygen atoms in total. The molecule has 0 saturated carbocycles. The molecule has 5 rings (SSSR count). The van der Waals surface area contributed by atoms with Crippen molar-refractivity contribution in [2.45, 2.75) is 38.3 Å². The van der Waals surface area contributed by atoms with Gasteiger partial charge in [-0.25, -0.2) is 13.4 Å². The summed E-state index contributed by atoms with van der Waals surface area (Å²) in [6.45, 7) is 2.61. The number of likely N-dealkylation sites (tertiary alicyclic amines) is 1. The van der Waals surface area contributed by atoms with E-state index in [9.17, 15) is 13.2 Å². The Balaban J connectivity index is 1.45. The first-order valence-electron chi connectivity index (χ1n) is 10.1. The van der Waals surface area contributed by atoms with E-state index in [1.54, 1.807) is 23.5 Å². The number of fused-ring (bicyclic) bond motifs is 2. The van der Waals surface area contributed by atoms with E-state index in [1.807, 2.05) is 36.1 Å². The summed E-state index contributed by atoms with van der Waals surface area (Å²) in [5.74, 6) is -0.00925. The number of rotatable bonds is 3. The number of benzene rings is 2. The van der Waals surface area contributed by atoms with Crippen LogP contribution in [0.2, 0.25) is 0 Å². The van der Waals surface area contributed by atoms with Crippen molar-refractivity contribution < 1.29 is 13.2 Å². The topological polar surface area (TPSA) is 70.6 Å². The van der Waals surface area contributed by atoms with Crippen LogP contribution >= 0.6 is 11.3 Å². The van der Waals surface area contributed by atoms with E-state index in [0.717, 1.165) is 33.6 Å². The fourth-order valence-corrected chi connectivity index (χ4v) is 7.09. The molecule has 30 heavy (non-hydrogen) atoms. The minimum absolute atomic E-state index is 0.00500. The zero-order chi connectivity index (χ0) is 21.0. The van der Waals surface area contributed by atoms with Gasteiger partial charge in [-0.2, -0.15) is 0 Å². The number of anilines is 1. The Hall–Kier alpha value is -2.45. The third-order valence-electron chi connectivity index (χ3n) is 5.95. The number of hydrogen-bond acceptors (Lipinski definition) is 5. The summed E-state index contributed by atoms with van der Waals surface area (Å²) >= 11 is 1.66. The van der Waals surface area contributed by atoms with Crippen LogP contribution in [0, 0.1) is 0 Å². The van der Waals surface area contributed by atoms with Crippen molar-refractivity contribution in [2.75, 3.05) is 17.1 Å². The fourth-order valence-electron chi connectivity index (χ4n) is 4.71. The molecule has 3 heterocycles. The number of carbonyl (C=O) groups excluding carboxylic acids is 1. The van der Waals surface area contributed by atoms with Gasteiger partial charge in [-0.15, -0.1) is 11.3 Å². The number of aromatic nitrogens is 1. The smallest absolute Gasteiger partial charge is 0.254 e. The minimum atomic E-state index is -3.34. The highest BCUT2D eigenvalue weighted by Gasteiger charge is 2.35. The molecule has 8 heteroatoms. The molecule has 1 aromatic heterocycles. The van der Waals surface area contributed by atoms with Crippen molar-refractivity contribution >= 4 is 43.2 Å². The summed E-state index contributed by atoms with van der Waals surface area (Å²) in [6.07, 6.45) is 3.71. The van der Waals surface area contributed by atoms with Crippen LogP contribution in [0.1, 0.15) is 46.7 Å². The molecule has 2 aliphatic rings. The number of carbonyl (C=O) groups is 1. The molecule has 3 aromatic rings. The van der Waals surface area contributed by atoms with Gasteiger partial charge in [0.25, 0.3) is 5.91 Å². The summed E-state index contributed by atoms with van der Waals surface area (Å²) in [4.78, 5) is 20.1. The Morgan fingerprint density at radius 2 is 2.00 bits per heavy atom. The van der Waals surface area contributed by atoms with E-state index in [1.165, 1.54) is 10.6 Å². The quantitative estimate of drug-likeness (QED) is 0.616. The normalized spacial score (nSPS) is 21.4. The molecule has 1 amide bonds. The lowest BCUT2D eigenvalue weighted by Gasteiger charge is -2.24. The molecule has 0 unspecified atom stereocenters. The van der Waals surface area contributed by atoms with Crippen LogP contribution in [0.25, 0.3) is 10.2 Å². The van der Waals surface area contributed by atoms with Crippen molar-refractivity contribution in [1.82, 2.24) is 9.88 Å². The van der Waals surface area contributed by atoms with Crippen LogP contribution < -0.4 is 4.31 Å². The van der Waals surface area contributed by atoms with Crippen LogP contribution in [-0.2, 0) is 16.4 Å². The Bertz CT molecular complexity index is 1220. The third kappa shape index (κ3) is 3.18. The Labute approximate surface area is 180 Å². The molecule has 1 fully saturated rings. The Morgan fingerprint density at radius 1 is 1.20 bits per heavy atom. The number of hydrogen-bond donors (Lipinski definition) is 0. The lowest BCUT2D eigenvalue weighted by Crippen LogP contribution is -2.34. The second-order valence-electron chi connectivity index (χ2n) is 8.13. The van der Waals surface area contributed by atoms with E-state index in [-0.39, 0.29) is 18.0 Å². The number of para-hydroxylation sites is 1. The third-order valence-corrected chi connectivity index (χ3v) is 8.35. The monoisotopic (exact) mass is 441 g/mol. The van der Waals surface area contributed by atoms with Gasteiger partial charge in [0.15, 0.2) is 0 Å². The van der Waals surface area contributed by atoms with Crippen molar-refractivity contribution in [2.24, 2.45) is 0 Å². The maximum absolute atomic E-state index is 13.4. The van der Waals surface area contributed by atoms with Gasteiger partial charge in [0.05, 0.1) is 28.2 Å². The van der Waals surface area contributed by atoms with Crippen LogP contribution in [0.4, 0.5) is 5.69 Å². The van der Waals surface area contributed by atoms with Crippen LogP contribution in [0.5, 0.6) is 0 Å². The molecule has 0 aliphatic carbocycles. The first kappa shape index (κ1) is 19.5. The number of sulfonamides is 1. The van der Waals surface area contributed by atoms with E-state index < -0.39 is 10.0 Å². The fraction of sp³-hybridized carbons (Fsp3) is 0.364. The largest absolute Gasteiger partial charge is 0.329 e. The highest BCUT2D eigenvalue weighted by atomic mass is 32.2. The second-order valence-corrected chi connectivity index (χ2v) is 11.1. The molecule has 0 radical (unpaired) electrons. The maximum Gasteiger partial charge on any atom is 0.254 e. The molecular formula is C22H23N3O3S2. The lowest BCUT2D eigenvalue weighted by atomic mass is 10.1. The van der Waals surface area contributed by atoms with Crippen molar-refractivity contribution in [1.29, 1.82) is 0 Å². The highest BCUT2D eigenvalue weighted by Crippen LogP contribution is 2.39. The lowest BCUT2D eigenvalue weighted by molar-refractivity contribution is 0.0735. The van der Waals surface area contributed by atoms with E-state index in [2.05, 4.69) is 6.07 Å². The molecule has 1 saturated heterocycles. The SMILES string of the molecule is C[C@@H]1Cc2cc(C(=O)N3CCC[C@@H]3c3nc4ccccc4s3)ccc2N1S(C)(=O)=O. The van der Waals surface area contributed by atoms with Gasteiger partial charge >= 0.3 is 0 Å². The van der Waals surface area contributed by atoms with Crippen LogP contribution in [0.3, 0.4) is 0 Å². The summed E-state index contributed by atoms with van der Waals surface area (Å²) in [7, 11) is -3.34. The zero-order valence-electron chi connectivity index (χ0n) is 16.9. The number of nitrogens with zero attached hydrogens (tertiary/aromatic N) is 3. The Morgan fingerprint density at radius 3 is 2.77 bits per heavy atom. The van der Waals surface area contributed by atoms with Gasteiger partial charge in [0, 0.05) is 18.2 Å². The molecule has 156 valence electrons. The molecule has 0 spiro atoms. The van der Waals surface area contributed by atoms with Crippen LogP contribution in [0.15, 0.2) is 42.5 Å². The van der Waals surface area contributed by atoms with E-state index >= 15 is 0 Å². The Kier molecular flexibility index (Phi) is 4.59. The molecule has 2 atom stereocenters. The minimum Gasteiger partial charge on any atom is -0.329 e. The van der Waals surface area contributed by atoms with Crippen molar-refractivity contribution in [3.63, 3.8) is 0 Å². The highest BCUT2D eigenvalue weighted by molar-refractivity contribution is 7.92. The molecule has 2 aromatic carbocycles. The van der Waals surface area contributed by atoms with E-state index in [4.69, 9.17) is 4.98 Å². The molecular weight excluding hydrogens is 418 g/mol. The predicted molar refractivity (Wildman–Crippen MR) is 120 cm³/mol. The van der Waals surface area contributed by atoms with Gasteiger partial charge < -0.3 is 4.90 Å². The van der Waals surface area contributed by atoms with Crippen molar-refractivity contribution in [3.05, 3.63) is 58.6 Å². The standard InChI is InChI=1S/C22H23N3O3S2/c1-14-12-16-13-15(9-10-18(16)25(14)30(2,27)28)22(26)24-11-5-7-19(24)21-23-17-6-3-4-8-20(17)29-21/h3-4,6,8-10,13-14,19H,5,7,11-12H2,1-2H3/t14-,19-/m1/s1. The number of amides is 1. The summed E-state index contributed by atoms with van der Waals surface area (Å²) in [5, 5.41) is 0.986. The molecule has 2 aliphatic heterocycles. The predicted octanol–water partition coefficient (Wildman–Crippen LogP) is 3.98. The molecule has 0 bridgehead atoms. The van der Waals surface area contributed by atoms with Gasteiger partial charge in [-0.1, -0.05) is 12.1 Å². The molecule has 0 N–H and O–H groups in total. The van der Waals surface area contributed by atoms with Crippen molar-refractivity contribution in [3.8, 4) is 0 Å². The first-order chi connectivity index (χ1) is 14.3. The summed E-state index contributed by atoms with van der Waals surface area (Å²) in [5.41, 5.74) is 3.19. The first-order valence-corrected chi connectivity index (χ1v) is 12.8. The summed E-state index contributed by atoms with van der Waals surface area (Å²) in [6, 6.07) is 13.3. The summed E-state index contributed by atoms with van der Waals surface area (Å²) < 4.78 is 26.9. The van der Waals surface area contributed by atoms with Gasteiger partial charge in [-0.05, 0) is 62.1 Å².